The van der Waals surface area contributed by atoms with E-state index >= 15 is 0 Å². The van der Waals surface area contributed by atoms with E-state index in [2.05, 4.69) is 78.7 Å². The van der Waals surface area contributed by atoms with Gasteiger partial charge in [-0.2, -0.15) is 0 Å². The van der Waals surface area contributed by atoms with Crippen LogP contribution in [0.5, 0.6) is 11.5 Å². The summed E-state index contributed by atoms with van der Waals surface area (Å²) in [4.78, 5) is 2.37. The van der Waals surface area contributed by atoms with Crippen LogP contribution in [0.2, 0.25) is 0 Å². The second kappa shape index (κ2) is 9.50. The summed E-state index contributed by atoms with van der Waals surface area (Å²) in [6.07, 6.45) is 0.996. The van der Waals surface area contributed by atoms with Gasteiger partial charge in [0.15, 0.2) is 11.5 Å². The first-order valence-electron chi connectivity index (χ1n) is 11.0. The molecule has 158 valence electrons. The van der Waals surface area contributed by atoms with Gasteiger partial charge >= 0.3 is 0 Å². The summed E-state index contributed by atoms with van der Waals surface area (Å²) in [5.74, 6) is 1.66. The number of benzene rings is 3. The molecular weight excluding hydrogens is 372 g/mol. The molecule has 0 saturated heterocycles. The topological polar surface area (TPSA) is 33.7 Å². The SMILES string of the molecule is CCN(CC)CCOc1cc2c(cc1OC)CCNC2c1ccc2ccccc2c1. The third kappa shape index (κ3) is 4.30. The molecule has 1 aliphatic rings. The minimum absolute atomic E-state index is 0.161. The van der Waals surface area contributed by atoms with Crippen LogP contribution in [0.1, 0.15) is 36.6 Å². The monoisotopic (exact) mass is 404 g/mol. The molecule has 0 saturated carbocycles. The predicted octanol–water partition coefficient (Wildman–Crippen LogP) is 4.80. The second-order valence-corrected chi connectivity index (χ2v) is 7.82. The predicted molar refractivity (Wildman–Crippen MR) is 124 cm³/mol. The average Bonchev–Trinajstić information content (AvgIpc) is 2.80. The van der Waals surface area contributed by atoms with Crippen molar-refractivity contribution < 1.29 is 9.47 Å². The van der Waals surface area contributed by atoms with Crippen molar-refractivity contribution in [2.45, 2.75) is 26.3 Å². The summed E-state index contributed by atoms with van der Waals surface area (Å²) in [5, 5.41) is 6.25. The van der Waals surface area contributed by atoms with Gasteiger partial charge in [-0.25, -0.2) is 0 Å². The highest BCUT2D eigenvalue weighted by Crippen LogP contribution is 2.38. The molecule has 1 unspecified atom stereocenters. The van der Waals surface area contributed by atoms with Crippen LogP contribution >= 0.6 is 0 Å². The van der Waals surface area contributed by atoms with E-state index in [1.165, 1.54) is 27.5 Å². The molecule has 4 heteroatoms. The van der Waals surface area contributed by atoms with Crippen LogP contribution in [0.25, 0.3) is 10.8 Å². The first-order chi connectivity index (χ1) is 14.7. The van der Waals surface area contributed by atoms with Gasteiger partial charge in [0.25, 0.3) is 0 Å². The molecule has 0 aliphatic carbocycles. The van der Waals surface area contributed by atoms with Crippen molar-refractivity contribution in [2.24, 2.45) is 0 Å². The van der Waals surface area contributed by atoms with Crippen molar-refractivity contribution in [1.29, 1.82) is 0 Å². The first kappa shape index (κ1) is 20.7. The molecule has 1 N–H and O–H groups in total. The minimum Gasteiger partial charge on any atom is -0.493 e. The molecule has 30 heavy (non-hydrogen) atoms. The van der Waals surface area contributed by atoms with Gasteiger partial charge in [-0.15, -0.1) is 0 Å². The van der Waals surface area contributed by atoms with E-state index in [4.69, 9.17) is 9.47 Å². The van der Waals surface area contributed by atoms with Crippen molar-refractivity contribution in [3.05, 3.63) is 71.3 Å². The summed E-state index contributed by atoms with van der Waals surface area (Å²) in [6.45, 7) is 8.97. The van der Waals surface area contributed by atoms with Gasteiger partial charge in [-0.3, -0.25) is 0 Å². The second-order valence-electron chi connectivity index (χ2n) is 7.82. The van der Waals surface area contributed by atoms with E-state index in [1.807, 2.05) is 0 Å². The number of hydrogen-bond donors (Lipinski definition) is 1. The average molecular weight is 405 g/mol. The van der Waals surface area contributed by atoms with Crippen LogP contribution in [-0.4, -0.2) is 44.8 Å². The molecule has 3 aromatic carbocycles. The number of fused-ring (bicyclic) bond motifs is 2. The maximum atomic E-state index is 6.19. The standard InChI is InChI=1S/C26H32N2O2/c1-4-28(5-2)14-15-30-25-18-23-21(17-24(25)29-3)12-13-27-26(23)22-11-10-19-8-6-7-9-20(19)16-22/h6-11,16-18,26-27H,4-5,12-15H2,1-3H3. The van der Waals surface area contributed by atoms with Gasteiger partial charge in [0, 0.05) is 13.1 Å². The van der Waals surface area contributed by atoms with Crippen molar-refractivity contribution in [3.63, 3.8) is 0 Å². The highest BCUT2D eigenvalue weighted by molar-refractivity contribution is 5.83. The molecule has 0 fully saturated rings. The Morgan fingerprint density at radius 2 is 1.77 bits per heavy atom. The highest BCUT2D eigenvalue weighted by Gasteiger charge is 2.24. The lowest BCUT2D eigenvalue weighted by Gasteiger charge is -2.29. The van der Waals surface area contributed by atoms with E-state index in [0.29, 0.717) is 6.61 Å². The first-order valence-corrected chi connectivity index (χ1v) is 11.0. The molecule has 4 nitrogen and oxygen atoms in total. The van der Waals surface area contributed by atoms with Gasteiger partial charge in [0.2, 0.25) is 0 Å². The van der Waals surface area contributed by atoms with Crippen LogP contribution in [0.15, 0.2) is 54.6 Å². The number of hydrogen-bond acceptors (Lipinski definition) is 4. The largest absolute Gasteiger partial charge is 0.493 e. The highest BCUT2D eigenvalue weighted by atomic mass is 16.5. The summed E-state index contributed by atoms with van der Waals surface area (Å²) >= 11 is 0. The third-order valence-corrected chi connectivity index (χ3v) is 6.15. The minimum atomic E-state index is 0.161. The molecule has 1 atom stereocenters. The Morgan fingerprint density at radius 1 is 0.967 bits per heavy atom. The summed E-state index contributed by atoms with van der Waals surface area (Å²) < 4.78 is 11.8. The maximum Gasteiger partial charge on any atom is 0.161 e. The number of nitrogens with one attached hydrogen (secondary N) is 1. The lowest BCUT2D eigenvalue weighted by Crippen LogP contribution is -2.31. The lowest BCUT2D eigenvalue weighted by molar-refractivity contribution is 0.217. The van der Waals surface area contributed by atoms with Crippen molar-refractivity contribution in [2.75, 3.05) is 39.9 Å². The third-order valence-electron chi connectivity index (χ3n) is 6.15. The Balaban J connectivity index is 1.64. The van der Waals surface area contributed by atoms with E-state index in [9.17, 15) is 0 Å². The van der Waals surface area contributed by atoms with Crippen molar-refractivity contribution in [1.82, 2.24) is 10.2 Å². The Bertz CT molecular complexity index is 997. The molecule has 1 aliphatic heterocycles. The number of rotatable bonds is 8. The van der Waals surface area contributed by atoms with E-state index in [1.54, 1.807) is 7.11 Å². The zero-order valence-corrected chi connectivity index (χ0v) is 18.3. The summed E-state index contributed by atoms with van der Waals surface area (Å²) in [7, 11) is 1.72. The quantitative estimate of drug-likeness (QED) is 0.584. The van der Waals surface area contributed by atoms with Crippen LogP contribution in [0.3, 0.4) is 0 Å². The molecule has 0 bridgehead atoms. The van der Waals surface area contributed by atoms with Crippen molar-refractivity contribution in [3.8, 4) is 11.5 Å². The Labute approximate surface area is 179 Å². The van der Waals surface area contributed by atoms with E-state index in [0.717, 1.165) is 44.1 Å². The van der Waals surface area contributed by atoms with Gasteiger partial charge < -0.3 is 19.7 Å². The Kier molecular flexibility index (Phi) is 6.56. The smallest absolute Gasteiger partial charge is 0.161 e. The number of likely N-dealkylation sites (N-methyl/N-ethyl adjacent to an activating group) is 1. The molecule has 0 amide bonds. The molecule has 0 spiro atoms. The zero-order chi connectivity index (χ0) is 20.9. The van der Waals surface area contributed by atoms with Crippen LogP contribution in [0.4, 0.5) is 0 Å². The van der Waals surface area contributed by atoms with E-state index < -0.39 is 0 Å². The molecule has 0 radical (unpaired) electrons. The number of methoxy groups -OCH3 is 1. The fraction of sp³-hybridized carbons (Fsp3) is 0.385. The van der Waals surface area contributed by atoms with Gasteiger partial charge in [0.1, 0.15) is 6.61 Å². The maximum absolute atomic E-state index is 6.19. The fourth-order valence-corrected chi connectivity index (χ4v) is 4.35. The van der Waals surface area contributed by atoms with Gasteiger partial charge in [0.05, 0.1) is 13.2 Å². The zero-order valence-electron chi connectivity index (χ0n) is 18.3. The summed E-state index contributed by atoms with van der Waals surface area (Å²) in [6, 6.07) is 19.8. The molecule has 1 heterocycles. The fourth-order valence-electron chi connectivity index (χ4n) is 4.35. The molecule has 0 aromatic heterocycles. The Hall–Kier alpha value is -2.56. The molecular formula is C26H32N2O2. The number of nitrogens with zero attached hydrogens (tertiary/aromatic N) is 1. The molecule has 4 rings (SSSR count). The van der Waals surface area contributed by atoms with E-state index in [-0.39, 0.29) is 6.04 Å². The van der Waals surface area contributed by atoms with Gasteiger partial charge in [-0.05, 0) is 65.2 Å². The summed E-state index contributed by atoms with van der Waals surface area (Å²) in [5.41, 5.74) is 3.91. The van der Waals surface area contributed by atoms with Crippen LogP contribution < -0.4 is 14.8 Å². The lowest BCUT2D eigenvalue weighted by atomic mass is 9.88. The number of ether oxygens (including phenoxy) is 2. The Morgan fingerprint density at radius 3 is 2.53 bits per heavy atom. The van der Waals surface area contributed by atoms with Crippen LogP contribution in [0, 0.1) is 0 Å². The van der Waals surface area contributed by atoms with Crippen molar-refractivity contribution >= 4 is 10.8 Å². The normalized spacial score (nSPS) is 15.9. The van der Waals surface area contributed by atoms with Gasteiger partial charge in [-0.1, -0.05) is 50.2 Å². The van der Waals surface area contributed by atoms with Crippen LogP contribution in [-0.2, 0) is 6.42 Å². The molecule has 3 aromatic rings.